The molecule has 21 heavy (non-hydrogen) atoms. The number of carbonyl (C=O) groups excluding carboxylic acids is 1. The summed E-state index contributed by atoms with van der Waals surface area (Å²) in [6, 6.07) is 1.67. The molecule has 0 aliphatic rings. The van der Waals surface area contributed by atoms with Crippen LogP contribution in [0.1, 0.15) is 24.0 Å². The number of rotatable bonds is 6. The molecule has 0 saturated heterocycles. The van der Waals surface area contributed by atoms with Gasteiger partial charge in [-0.2, -0.15) is 5.10 Å². The van der Waals surface area contributed by atoms with Crippen molar-refractivity contribution in [3.63, 3.8) is 0 Å². The second kappa shape index (κ2) is 7.19. The molecule has 2 aromatic heterocycles. The van der Waals surface area contributed by atoms with Crippen molar-refractivity contribution in [1.29, 1.82) is 0 Å². The summed E-state index contributed by atoms with van der Waals surface area (Å²) in [5.41, 5.74) is 2.74. The first-order valence-electron chi connectivity index (χ1n) is 6.58. The number of hydrogen-bond donors (Lipinski definition) is 3. The van der Waals surface area contributed by atoms with Crippen molar-refractivity contribution in [3.05, 3.63) is 28.5 Å². The van der Waals surface area contributed by atoms with E-state index in [2.05, 4.69) is 25.8 Å². The number of urea groups is 1. The van der Waals surface area contributed by atoms with Crippen LogP contribution >= 0.6 is 11.3 Å². The van der Waals surface area contributed by atoms with Gasteiger partial charge in [0.2, 0.25) is 0 Å². The van der Waals surface area contributed by atoms with Gasteiger partial charge in [-0.15, -0.1) is 11.3 Å². The van der Waals surface area contributed by atoms with Gasteiger partial charge < -0.3 is 10.1 Å². The number of amides is 2. The standard InChI is InChI=1S/C13H19N5O2S/c1-8(4-10-5-9(2)17-18-10)14-12(19)16-13-15-11(6-20-3)7-21-13/h5,7-8H,4,6H2,1-3H3,(H,17,18)(H2,14,15,16,19)/t8-/m1/s1. The van der Waals surface area contributed by atoms with Gasteiger partial charge in [-0.3, -0.25) is 10.4 Å². The number of carbonyl (C=O) groups is 1. The van der Waals surface area contributed by atoms with Gasteiger partial charge >= 0.3 is 6.03 Å². The minimum absolute atomic E-state index is 0.0221. The number of H-pyrrole nitrogens is 1. The maximum atomic E-state index is 11.9. The number of hydrogen-bond acceptors (Lipinski definition) is 5. The molecule has 0 aromatic carbocycles. The number of anilines is 1. The maximum absolute atomic E-state index is 11.9. The number of aryl methyl sites for hydroxylation is 1. The Labute approximate surface area is 127 Å². The second-order valence-corrected chi connectivity index (χ2v) is 5.68. The van der Waals surface area contributed by atoms with Gasteiger partial charge in [-0.05, 0) is 19.9 Å². The summed E-state index contributed by atoms with van der Waals surface area (Å²) in [6.45, 7) is 4.32. The molecule has 7 nitrogen and oxygen atoms in total. The van der Waals surface area contributed by atoms with Crippen LogP contribution in [0.3, 0.4) is 0 Å². The summed E-state index contributed by atoms with van der Waals surface area (Å²) in [5, 5.41) is 15.0. The van der Waals surface area contributed by atoms with Crippen molar-refractivity contribution >= 4 is 22.5 Å². The number of aromatic nitrogens is 3. The molecule has 2 rings (SSSR count). The smallest absolute Gasteiger partial charge is 0.321 e. The molecule has 2 amide bonds. The SMILES string of the molecule is COCc1csc(NC(=O)N[C@H](C)Cc2cc(C)[nH]n2)n1. The molecule has 1 atom stereocenters. The number of nitrogens with one attached hydrogen (secondary N) is 3. The summed E-state index contributed by atoms with van der Waals surface area (Å²) in [6.07, 6.45) is 0.671. The van der Waals surface area contributed by atoms with Crippen LogP contribution in [0, 0.1) is 6.92 Å². The molecule has 0 saturated carbocycles. The van der Waals surface area contributed by atoms with Crippen LogP contribution in [0.2, 0.25) is 0 Å². The number of aromatic amines is 1. The van der Waals surface area contributed by atoms with Crippen molar-refractivity contribution in [2.45, 2.75) is 32.9 Å². The largest absolute Gasteiger partial charge is 0.378 e. The summed E-state index contributed by atoms with van der Waals surface area (Å²) in [7, 11) is 1.61. The van der Waals surface area contributed by atoms with Crippen molar-refractivity contribution in [2.24, 2.45) is 0 Å². The minimum Gasteiger partial charge on any atom is -0.378 e. The highest BCUT2D eigenvalue weighted by Crippen LogP contribution is 2.15. The first-order valence-corrected chi connectivity index (χ1v) is 7.46. The molecule has 2 aromatic rings. The highest BCUT2D eigenvalue weighted by atomic mass is 32.1. The van der Waals surface area contributed by atoms with E-state index in [0.717, 1.165) is 17.1 Å². The monoisotopic (exact) mass is 309 g/mol. The first kappa shape index (κ1) is 15.5. The number of methoxy groups -OCH3 is 1. The lowest BCUT2D eigenvalue weighted by atomic mass is 10.2. The zero-order valence-corrected chi connectivity index (χ0v) is 13.1. The van der Waals surface area contributed by atoms with Gasteiger partial charge in [0, 0.05) is 30.6 Å². The summed E-state index contributed by atoms with van der Waals surface area (Å²) in [5.74, 6) is 0. The number of ether oxygens (including phenoxy) is 1. The van der Waals surface area contributed by atoms with E-state index in [-0.39, 0.29) is 12.1 Å². The first-order chi connectivity index (χ1) is 10.1. The maximum Gasteiger partial charge on any atom is 0.321 e. The average molecular weight is 309 g/mol. The zero-order chi connectivity index (χ0) is 15.2. The Morgan fingerprint density at radius 2 is 2.33 bits per heavy atom. The van der Waals surface area contributed by atoms with Crippen LogP contribution in [0.25, 0.3) is 0 Å². The highest BCUT2D eigenvalue weighted by molar-refractivity contribution is 7.13. The average Bonchev–Trinajstić information content (AvgIpc) is 2.99. The third-order valence-corrected chi connectivity index (χ3v) is 3.52. The predicted molar refractivity (Wildman–Crippen MR) is 81.5 cm³/mol. The fourth-order valence-electron chi connectivity index (χ4n) is 1.88. The van der Waals surface area contributed by atoms with Crippen LogP contribution in [0.5, 0.6) is 0 Å². The molecule has 0 spiro atoms. The Kier molecular flexibility index (Phi) is 5.29. The molecular weight excluding hydrogens is 290 g/mol. The Balaban J connectivity index is 1.80. The van der Waals surface area contributed by atoms with Crippen LogP contribution < -0.4 is 10.6 Å². The van der Waals surface area contributed by atoms with E-state index in [1.54, 1.807) is 7.11 Å². The van der Waals surface area contributed by atoms with Gasteiger partial charge in [0.15, 0.2) is 5.13 Å². The van der Waals surface area contributed by atoms with Gasteiger partial charge in [0.25, 0.3) is 0 Å². The number of nitrogens with zero attached hydrogens (tertiary/aromatic N) is 2. The Morgan fingerprint density at radius 3 is 3.00 bits per heavy atom. The lowest BCUT2D eigenvalue weighted by Crippen LogP contribution is -2.37. The van der Waals surface area contributed by atoms with Crippen molar-refractivity contribution < 1.29 is 9.53 Å². The molecule has 0 aliphatic carbocycles. The lowest BCUT2D eigenvalue weighted by Gasteiger charge is -2.12. The quantitative estimate of drug-likeness (QED) is 0.761. The Morgan fingerprint density at radius 1 is 1.52 bits per heavy atom. The van der Waals surface area contributed by atoms with Gasteiger partial charge in [-0.25, -0.2) is 9.78 Å². The van der Waals surface area contributed by atoms with Crippen molar-refractivity contribution in [2.75, 3.05) is 12.4 Å². The molecule has 2 heterocycles. The number of thiazole rings is 1. The van der Waals surface area contributed by atoms with E-state index in [0.29, 0.717) is 18.2 Å². The predicted octanol–water partition coefficient (Wildman–Crippen LogP) is 2.07. The third-order valence-electron chi connectivity index (χ3n) is 2.72. The lowest BCUT2D eigenvalue weighted by molar-refractivity contribution is 0.182. The molecule has 3 N–H and O–H groups in total. The van der Waals surface area contributed by atoms with Crippen molar-refractivity contribution in [1.82, 2.24) is 20.5 Å². The molecule has 0 radical (unpaired) electrons. The fraction of sp³-hybridized carbons (Fsp3) is 0.462. The van der Waals surface area contributed by atoms with Crippen LogP contribution in [-0.4, -0.2) is 34.4 Å². The molecule has 0 bridgehead atoms. The van der Waals surface area contributed by atoms with E-state index >= 15 is 0 Å². The van der Waals surface area contributed by atoms with E-state index in [1.807, 2.05) is 25.3 Å². The topological polar surface area (TPSA) is 91.9 Å². The highest BCUT2D eigenvalue weighted by Gasteiger charge is 2.11. The van der Waals surface area contributed by atoms with Crippen LogP contribution in [0.4, 0.5) is 9.93 Å². The Hall–Kier alpha value is -1.93. The molecule has 0 aliphatic heterocycles. The zero-order valence-electron chi connectivity index (χ0n) is 12.3. The summed E-state index contributed by atoms with van der Waals surface area (Å²) < 4.78 is 4.99. The minimum atomic E-state index is -0.270. The van der Waals surface area contributed by atoms with Crippen LogP contribution in [0.15, 0.2) is 11.4 Å². The van der Waals surface area contributed by atoms with E-state index in [9.17, 15) is 4.79 Å². The van der Waals surface area contributed by atoms with E-state index in [4.69, 9.17) is 4.74 Å². The normalized spacial score (nSPS) is 12.1. The molecule has 114 valence electrons. The van der Waals surface area contributed by atoms with E-state index in [1.165, 1.54) is 11.3 Å². The third kappa shape index (κ3) is 4.83. The Bertz CT molecular complexity index is 595. The van der Waals surface area contributed by atoms with Gasteiger partial charge in [0.05, 0.1) is 18.0 Å². The molecule has 0 unspecified atom stereocenters. The molecular formula is C13H19N5O2S. The fourth-order valence-corrected chi connectivity index (χ4v) is 2.57. The van der Waals surface area contributed by atoms with Gasteiger partial charge in [0.1, 0.15) is 0 Å². The van der Waals surface area contributed by atoms with E-state index < -0.39 is 0 Å². The summed E-state index contributed by atoms with van der Waals surface area (Å²) >= 11 is 1.37. The van der Waals surface area contributed by atoms with Crippen LogP contribution in [-0.2, 0) is 17.8 Å². The molecule has 0 fully saturated rings. The molecule has 8 heteroatoms. The van der Waals surface area contributed by atoms with Crippen molar-refractivity contribution in [3.8, 4) is 0 Å². The summed E-state index contributed by atoms with van der Waals surface area (Å²) in [4.78, 5) is 16.1. The van der Waals surface area contributed by atoms with Gasteiger partial charge in [-0.1, -0.05) is 0 Å². The second-order valence-electron chi connectivity index (χ2n) is 4.82.